The lowest BCUT2D eigenvalue weighted by Crippen LogP contribution is -2.42. The Hall–Kier alpha value is -1.06. The Labute approximate surface area is 130 Å². The van der Waals surface area contributed by atoms with Crippen LogP contribution in [0.4, 0.5) is 10.1 Å². The molecule has 0 heterocycles. The zero-order valence-corrected chi connectivity index (χ0v) is 13.4. The Balaban J connectivity index is 2.36. The molecule has 9 heteroatoms. The largest absolute Gasteiger partial charge is 0.324 e. The normalized spacial score (nSPS) is 23.0. The molecule has 0 amide bonds. The summed E-state index contributed by atoms with van der Waals surface area (Å²) in [7, 11) is -4.15. The molecular formula is C12H14BrFN2O4S. The van der Waals surface area contributed by atoms with Gasteiger partial charge in [0.1, 0.15) is 0 Å². The van der Waals surface area contributed by atoms with Crippen LogP contribution in [0.3, 0.4) is 0 Å². The van der Waals surface area contributed by atoms with Crippen LogP contribution in [-0.4, -0.2) is 24.2 Å². The van der Waals surface area contributed by atoms with E-state index >= 15 is 0 Å². The van der Waals surface area contributed by atoms with Gasteiger partial charge in [-0.15, -0.1) is 0 Å². The van der Waals surface area contributed by atoms with Crippen molar-refractivity contribution < 1.29 is 17.7 Å². The average molecular weight is 381 g/mol. The van der Waals surface area contributed by atoms with Gasteiger partial charge in [-0.25, -0.2) is 13.1 Å². The number of rotatable bonds is 4. The first-order chi connectivity index (χ1) is 9.83. The summed E-state index contributed by atoms with van der Waals surface area (Å²) >= 11 is 3.41. The summed E-state index contributed by atoms with van der Waals surface area (Å²) in [6, 6.07) is 2.69. The van der Waals surface area contributed by atoms with Gasteiger partial charge < -0.3 is 0 Å². The number of nitrogens with one attached hydrogen (secondary N) is 1. The van der Waals surface area contributed by atoms with Gasteiger partial charge in [0.2, 0.25) is 15.8 Å². The molecule has 1 saturated carbocycles. The molecule has 116 valence electrons. The maximum atomic E-state index is 13.5. The molecule has 0 aliphatic heterocycles. The minimum atomic E-state index is -4.15. The van der Waals surface area contributed by atoms with Crippen molar-refractivity contribution in [3.8, 4) is 0 Å². The smallest absolute Gasteiger partial charge is 0.258 e. The van der Waals surface area contributed by atoms with E-state index in [0.717, 1.165) is 37.5 Å². The third kappa shape index (κ3) is 3.58. The van der Waals surface area contributed by atoms with E-state index in [1.54, 1.807) is 0 Å². The molecule has 0 saturated heterocycles. The monoisotopic (exact) mass is 380 g/mol. The summed E-state index contributed by atoms with van der Waals surface area (Å²) in [5, 5.41) is 10.9. The molecule has 1 aliphatic rings. The molecule has 1 aromatic carbocycles. The van der Waals surface area contributed by atoms with Crippen LogP contribution in [0.25, 0.3) is 0 Å². The first kappa shape index (κ1) is 16.3. The molecule has 0 aromatic heterocycles. The highest BCUT2D eigenvalue weighted by Gasteiger charge is 2.33. The van der Waals surface area contributed by atoms with E-state index in [0.29, 0.717) is 6.42 Å². The molecule has 0 bridgehead atoms. The van der Waals surface area contributed by atoms with E-state index in [1.165, 1.54) is 0 Å². The van der Waals surface area contributed by atoms with E-state index in [2.05, 4.69) is 20.7 Å². The summed E-state index contributed by atoms with van der Waals surface area (Å²) in [4.78, 5) is 9.22. The molecule has 0 spiro atoms. The van der Waals surface area contributed by atoms with Gasteiger partial charge in [-0.2, -0.15) is 4.39 Å². The van der Waals surface area contributed by atoms with Crippen molar-refractivity contribution in [2.75, 3.05) is 0 Å². The van der Waals surface area contributed by atoms with Gasteiger partial charge in [0, 0.05) is 10.9 Å². The number of nitrogens with zero attached hydrogens (tertiary/aromatic N) is 1. The van der Waals surface area contributed by atoms with Crippen molar-refractivity contribution in [1.29, 1.82) is 0 Å². The molecule has 1 N–H and O–H groups in total. The highest BCUT2D eigenvalue weighted by Crippen LogP contribution is 2.29. The van der Waals surface area contributed by atoms with Crippen LogP contribution >= 0.6 is 15.9 Å². The lowest BCUT2D eigenvalue weighted by atomic mass is 9.96. The van der Waals surface area contributed by atoms with Crippen LogP contribution in [0.5, 0.6) is 0 Å². The highest BCUT2D eigenvalue weighted by atomic mass is 79.9. The lowest BCUT2D eigenvalue weighted by molar-refractivity contribution is -0.390. The Kier molecular flexibility index (Phi) is 4.95. The van der Waals surface area contributed by atoms with Crippen LogP contribution in [0.1, 0.15) is 25.7 Å². The summed E-state index contributed by atoms with van der Waals surface area (Å²) < 4.78 is 40.6. The number of hydrogen-bond acceptors (Lipinski definition) is 4. The molecule has 1 aromatic rings. The van der Waals surface area contributed by atoms with Crippen molar-refractivity contribution in [3.63, 3.8) is 0 Å². The Morgan fingerprint density at radius 1 is 1.33 bits per heavy atom. The zero-order valence-electron chi connectivity index (χ0n) is 11.0. The zero-order chi connectivity index (χ0) is 15.6. The molecule has 2 rings (SSSR count). The second kappa shape index (κ2) is 6.37. The molecular weight excluding hydrogens is 367 g/mol. The molecule has 2 atom stereocenters. The fraction of sp³-hybridized carbons (Fsp3) is 0.500. The number of benzene rings is 1. The number of halogens is 2. The van der Waals surface area contributed by atoms with Crippen LogP contribution in [-0.2, 0) is 10.0 Å². The Morgan fingerprint density at radius 2 is 2.00 bits per heavy atom. The van der Waals surface area contributed by atoms with Gasteiger partial charge in [0.05, 0.1) is 4.92 Å². The number of hydrogen-bond donors (Lipinski definition) is 1. The van der Waals surface area contributed by atoms with E-state index < -0.39 is 31.3 Å². The van der Waals surface area contributed by atoms with Crippen LogP contribution in [0.15, 0.2) is 23.1 Å². The van der Waals surface area contributed by atoms with Gasteiger partial charge >= 0.3 is 5.69 Å². The van der Waals surface area contributed by atoms with Gasteiger partial charge in [-0.3, -0.25) is 10.1 Å². The number of alkyl halides is 1. The topological polar surface area (TPSA) is 89.3 Å². The second-order valence-corrected chi connectivity index (χ2v) is 7.73. The lowest BCUT2D eigenvalue weighted by Gasteiger charge is -2.27. The molecule has 6 nitrogen and oxygen atoms in total. The fourth-order valence-electron chi connectivity index (χ4n) is 2.37. The fourth-order valence-corrected chi connectivity index (χ4v) is 4.76. The van der Waals surface area contributed by atoms with Gasteiger partial charge in [0.15, 0.2) is 4.90 Å². The maximum absolute atomic E-state index is 13.5. The first-order valence-corrected chi connectivity index (χ1v) is 8.82. The first-order valence-electron chi connectivity index (χ1n) is 6.42. The van der Waals surface area contributed by atoms with Crippen molar-refractivity contribution >= 4 is 31.6 Å². The van der Waals surface area contributed by atoms with Crippen LogP contribution < -0.4 is 4.72 Å². The second-order valence-electron chi connectivity index (χ2n) is 4.87. The van der Waals surface area contributed by atoms with Crippen LogP contribution in [0.2, 0.25) is 0 Å². The van der Waals surface area contributed by atoms with Crippen molar-refractivity contribution in [2.45, 2.75) is 41.4 Å². The number of nitro benzene ring substituents is 1. The SMILES string of the molecule is O=[N+]([O-])c1c(F)cccc1S(=O)(=O)NC1CCCCC1Br. The van der Waals surface area contributed by atoms with Crippen molar-refractivity contribution in [3.05, 3.63) is 34.1 Å². The summed E-state index contributed by atoms with van der Waals surface area (Å²) in [5.74, 6) is -1.16. The minimum Gasteiger partial charge on any atom is -0.258 e. The predicted molar refractivity (Wildman–Crippen MR) is 78.3 cm³/mol. The number of para-hydroxylation sites is 1. The number of sulfonamides is 1. The summed E-state index contributed by atoms with van der Waals surface area (Å²) in [6.07, 6.45) is 3.32. The average Bonchev–Trinajstić information content (AvgIpc) is 2.40. The standard InChI is InChI=1S/C12H14BrFN2O4S/c13-8-4-1-2-6-10(8)15-21(19,20)11-7-3-5-9(14)12(11)16(17)18/h3,5,7-8,10,15H,1-2,4,6H2. The molecule has 1 aliphatic carbocycles. The molecule has 0 radical (unpaired) electrons. The van der Waals surface area contributed by atoms with Gasteiger partial charge in [-0.1, -0.05) is 34.8 Å². The Bertz CT molecular complexity index is 653. The van der Waals surface area contributed by atoms with Gasteiger partial charge in [-0.05, 0) is 25.0 Å². The molecule has 2 unspecified atom stereocenters. The molecule has 21 heavy (non-hydrogen) atoms. The van der Waals surface area contributed by atoms with E-state index in [4.69, 9.17) is 0 Å². The Morgan fingerprint density at radius 3 is 2.62 bits per heavy atom. The van der Waals surface area contributed by atoms with Gasteiger partial charge in [0.25, 0.3) is 0 Å². The minimum absolute atomic E-state index is 0.0337. The highest BCUT2D eigenvalue weighted by molar-refractivity contribution is 9.09. The predicted octanol–water partition coefficient (Wildman–Crippen LogP) is 2.72. The van der Waals surface area contributed by atoms with E-state index in [9.17, 15) is 22.9 Å². The maximum Gasteiger partial charge on any atom is 0.324 e. The van der Waals surface area contributed by atoms with E-state index in [1.807, 2.05) is 0 Å². The van der Waals surface area contributed by atoms with E-state index in [-0.39, 0.29) is 10.9 Å². The quantitative estimate of drug-likeness (QED) is 0.493. The third-order valence-corrected chi connectivity index (χ3v) is 6.03. The number of nitro groups is 1. The van der Waals surface area contributed by atoms with Crippen LogP contribution in [0, 0.1) is 15.9 Å². The third-order valence-electron chi connectivity index (χ3n) is 3.41. The van der Waals surface area contributed by atoms with Crippen molar-refractivity contribution in [2.24, 2.45) is 0 Å². The molecule has 1 fully saturated rings. The summed E-state index contributed by atoms with van der Waals surface area (Å²) in [5.41, 5.74) is -1.02. The van der Waals surface area contributed by atoms with Crippen molar-refractivity contribution in [1.82, 2.24) is 4.72 Å². The summed E-state index contributed by atoms with van der Waals surface area (Å²) in [6.45, 7) is 0.